The smallest absolute Gasteiger partial charge is 0.220 e. The van der Waals surface area contributed by atoms with E-state index in [-0.39, 0.29) is 5.91 Å². The third-order valence-corrected chi connectivity index (χ3v) is 7.45. The first-order valence-electron chi connectivity index (χ1n) is 13.0. The Morgan fingerprint density at radius 2 is 1.68 bits per heavy atom. The summed E-state index contributed by atoms with van der Waals surface area (Å²) in [6, 6.07) is 22.0. The Kier molecular flexibility index (Phi) is 8.98. The highest BCUT2D eigenvalue weighted by molar-refractivity contribution is 5.76. The van der Waals surface area contributed by atoms with Crippen LogP contribution in [0.5, 0.6) is 0 Å². The molecule has 1 aliphatic carbocycles. The molecular formula is C29H38N4O. The lowest BCUT2D eigenvalue weighted by molar-refractivity contribution is -0.122. The van der Waals surface area contributed by atoms with E-state index in [9.17, 15) is 4.79 Å². The second-order valence-corrected chi connectivity index (χ2v) is 9.83. The first kappa shape index (κ1) is 24.3. The Balaban J connectivity index is 1.15. The molecule has 1 amide bonds. The molecule has 1 saturated heterocycles. The number of carbonyl (C=O) groups excluding carboxylic acids is 1. The van der Waals surface area contributed by atoms with E-state index in [4.69, 9.17) is 5.26 Å². The van der Waals surface area contributed by atoms with E-state index >= 15 is 0 Å². The highest BCUT2D eigenvalue weighted by atomic mass is 16.1. The molecule has 1 aliphatic heterocycles. The van der Waals surface area contributed by atoms with Crippen molar-refractivity contribution in [2.24, 2.45) is 5.92 Å². The second kappa shape index (κ2) is 12.6. The fourth-order valence-electron chi connectivity index (χ4n) is 5.33. The Morgan fingerprint density at radius 3 is 2.41 bits per heavy atom. The van der Waals surface area contributed by atoms with Gasteiger partial charge < -0.3 is 10.2 Å². The molecule has 2 fully saturated rings. The van der Waals surface area contributed by atoms with Gasteiger partial charge in [-0.2, -0.15) is 5.26 Å². The van der Waals surface area contributed by atoms with Gasteiger partial charge >= 0.3 is 0 Å². The van der Waals surface area contributed by atoms with Gasteiger partial charge in [0, 0.05) is 50.7 Å². The number of rotatable bonds is 9. The summed E-state index contributed by atoms with van der Waals surface area (Å²) in [4.78, 5) is 17.1. The summed E-state index contributed by atoms with van der Waals surface area (Å²) in [5, 5.41) is 11.8. The molecule has 1 heterocycles. The van der Waals surface area contributed by atoms with E-state index in [0.717, 1.165) is 44.9 Å². The molecular weight excluding hydrogens is 420 g/mol. The van der Waals surface area contributed by atoms with Gasteiger partial charge in [-0.1, -0.05) is 42.5 Å². The fraction of sp³-hybridized carbons (Fsp3) is 0.517. The second-order valence-electron chi connectivity index (χ2n) is 9.83. The molecule has 1 N–H and O–H groups in total. The highest BCUT2D eigenvalue weighted by Crippen LogP contribution is 2.28. The van der Waals surface area contributed by atoms with Gasteiger partial charge in [0.05, 0.1) is 6.07 Å². The molecule has 0 unspecified atom stereocenters. The van der Waals surface area contributed by atoms with Crippen molar-refractivity contribution in [3.63, 3.8) is 0 Å². The standard InChI is InChI=1S/C29H38N4O/c30-17-5-4-11-29(34)31-27-14-12-24(13-15-27)16-18-32-19-21-33(22-20-32)28-10-6-9-26(23-28)25-7-2-1-3-8-25/h1-3,6-10,23-24,27H,4-5,11-16,18-22H2,(H,31,34). The van der Waals surface area contributed by atoms with Crippen molar-refractivity contribution in [3.05, 3.63) is 54.6 Å². The van der Waals surface area contributed by atoms with Crippen LogP contribution in [-0.2, 0) is 4.79 Å². The number of anilines is 1. The average Bonchev–Trinajstić information content (AvgIpc) is 2.89. The van der Waals surface area contributed by atoms with E-state index in [2.05, 4.69) is 75.8 Å². The van der Waals surface area contributed by atoms with Gasteiger partial charge in [0.25, 0.3) is 0 Å². The lowest BCUT2D eigenvalue weighted by atomic mass is 9.84. The number of piperazine rings is 1. The van der Waals surface area contributed by atoms with Crippen molar-refractivity contribution < 1.29 is 4.79 Å². The number of amides is 1. The molecule has 0 atom stereocenters. The highest BCUT2D eigenvalue weighted by Gasteiger charge is 2.24. The third kappa shape index (κ3) is 7.08. The lowest BCUT2D eigenvalue weighted by Crippen LogP contribution is -2.47. The Labute approximate surface area is 204 Å². The first-order chi connectivity index (χ1) is 16.7. The molecule has 180 valence electrons. The number of carbonyl (C=O) groups is 1. The molecule has 0 bridgehead atoms. The van der Waals surface area contributed by atoms with E-state index < -0.39 is 0 Å². The number of nitriles is 1. The van der Waals surface area contributed by atoms with Crippen molar-refractivity contribution in [1.29, 1.82) is 5.26 Å². The molecule has 0 radical (unpaired) electrons. The van der Waals surface area contributed by atoms with Crippen LogP contribution < -0.4 is 10.2 Å². The van der Waals surface area contributed by atoms with Gasteiger partial charge in [-0.05, 0) is 74.2 Å². The molecule has 2 aromatic rings. The van der Waals surface area contributed by atoms with Crippen LogP contribution >= 0.6 is 0 Å². The number of benzene rings is 2. The zero-order valence-corrected chi connectivity index (χ0v) is 20.3. The van der Waals surface area contributed by atoms with E-state index in [1.165, 1.54) is 42.6 Å². The van der Waals surface area contributed by atoms with Crippen molar-refractivity contribution in [2.75, 3.05) is 37.6 Å². The number of nitrogens with one attached hydrogen (secondary N) is 1. The minimum absolute atomic E-state index is 0.117. The third-order valence-electron chi connectivity index (χ3n) is 7.45. The Morgan fingerprint density at radius 1 is 0.941 bits per heavy atom. The SMILES string of the molecule is N#CCCCC(=O)NC1CCC(CCN2CCN(c3cccc(-c4ccccc4)c3)CC2)CC1. The van der Waals surface area contributed by atoms with Gasteiger partial charge in [-0.25, -0.2) is 0 Å². The summed E-state index contributed by atoms with van der Waals surface area (Å²) in [5.41, 5.74) is 3.89. The Bertz CT molecular complexity index is 938. The van der Waals surface area contributed by atoms with Crippen LogP contribution in [0.2, 0.25) is 0 Å². The van der Waals surface area contributed by atoms with Crippen LogP contribution in [0.1, 0.15) is 51.4 Å². The summed E-state index contributed by atoms with van der Waals surface area (Å²) < 4.78 is 0. The topological polar surface area (TPSA) is 59.4 Å². The molecule has 0 spiro atoms. The predicted molar refractivity (Wildman–Crippen MR) is 139 cm³/mol. The van der Waals surface area contributed by atoms with Gasteiger partial charge in [0.2, 0.25) is 5.91 Å². The molecule has 34 heavy (non-hydrogen) atoms. The maximum atomic E-state index is 12.0. The van der Waals surface area contributed by atoms with Crippen molar-refractivity contribution in [2.45, 2.75) is 57.4 Å². The van der Waals surface area contributed by atoms with E-state index in [0.29, 0.717) is 25.3 Å². The van der Waals surface area contributed by atoms with Crippen molar-refractivity contribution >= 4 is 11.6 Å². The normalized spacial score (nSPS) is 21.1. The molecule has 5 heteroatoms. The van der Waals surface area contributed by atoms with Crippen molar-refractivity contribution in [3.8, 4) is 17.2 Å². The van der Waals surface area contributed by atoms with E-state index in [1.807, 2.05) is 0 Å². The van der Waals surface area contributed by atoms with Crippen LogP contribution in [0, 0.1) is 17.2 Å². The summed E-state index contributed by atoms with van der Waals surface area (Å²) in [5.74, 6) is 0.901. The molecule has 2 aromatic carbocycles. The fourth-order valence-corrected chi connectivity index (χ4v) is 5.33. The molecule has 4 rings (SSSR count). The lowest BCUT2D eigenvalue weighted by Gasteiger charge is -2.37. The van der Waals surface area contributed by atoms with Gasteiger partial charge in [-0.3, -0.25) is 9.69 Å². The number of unbranched alkanes of at least 4 members (excludes halogenated alkanes) is 1. The quantitative estimate of drug-likeness (QED) is 0.523. The van der Waals surface area contributed by atoms with E-state index in [1.54, 1.807) is 0 Å². The number of hydrogen-bond donors (Lipinski definition) is 1. The average molecular weight is 459 g/mol. The van der Waals surface area contributed by atoms with Crippen LogP contribution in [0.15, 0.2) is 54.6 Å². The van der Waals surface area contributed by atoms with Gasteiger partial charge in [0.1, 0.15) is 0 Å². The van der Waals surface area contributed by atoms with Crippen LogP contribution in [0.3, 0.4) is 0 Å². The van der Waals surface area contributed by atoms with Crippen LogP contribution in [0.25, 0.3) is 11.1 Å². The molecule has 2 aliphatic rings. The predicted octanol–water partition coefficient (Wildman–Crippen LogP) is 5.23. The molecule has 5 nitrogen and oxygen atoms in total. The zero-order valence-electron chi connectivity index (χ0n) is 20.3. The zero-order chi connectivity index (χ0) is 23.6. The molecule has 0 aromatic heterocycles. The maximum Gasteiger partial charge on any atom is 0.220 e. The summed E-state index contributed by atoms with van der Waals surface area (Å²) in [7, 11) is 0. The van der Waals surface area contributed by atoms with Crippen LogP contribution in [0.4, 0.5) is 5.69 Å². The maximum absolute atomic E-state index is 12.0. The van der Waals surface area contributed by atoms with Crippen molar-refractivity contribution in [1.82, 2.24) is 10.2 Å². The first-order valence-corrected chi connectivity index (χ1v) is 13.0. The van der Waals surface area contributed by atoms with Gasteiger partial charge in [0.15, 0.2) is 0 Å². The molecule has 1 saturated carbocycles. The largest absolute Gasteiger partial charge is 0.369 e. The Hall–Kier alpha value is -2.84. The van der Waals surface area contributed by atoms with Gasteiger partial charge in [-0.15, -0.1) is 0 Å². The minimum atomic E-state index is 0.117. The number of nitrogens with zero attached hydrogens (tertiary/aromatic N) is 3. The monoisotopic (exact) mass is 458 g/mol. The summed E-state index contributed by atoms with van der Waals surface area (Å²) in [6.45, 7) is 5.62. The summed E-state index contributed by atoms with van der Waals surface area (Å²) >= 11 is 0. The minimum Gasteiger partial charge on any atom is -0.369 e. The number of hydrogen-bond acceptors (Lipinski definition) is 4. The van der Waals surface area contributed by atoms with Crippen LogP contribution in [-0.4, -0.2) is 49.6 Å². The summed E-state index contributed by atoms with van der Waals surface area (Å²) in [6.07, 6.45) is 7.52.